The van der Waals surface area contributed by atoms with Gasteiger partial charge in [0, 0.05) is 11.6 Å². The second kappa shape index (κ2) is 9.83. The number of methoxy groups -OCH3 is 1. The summed E-state index contributed by atoms with van der Waals surface area (Å²) >= 11 is 0. The Kier molecular flexibility index (Phi) is 7.38. The SMILES string of the molecule is COc1ccc(C(=O)N[C@@H](C)c2ccc(C(C)C)cc2)cc1S(=O)(=O)NC1CCCC1. The summed E-state index contributed by atoms with van der Waals surface area (Å²) in [6.45, 7) is 6.18. The molecule has 6 nitrogen and oxygen atoms in total. The molecule has 0 unspecified atom stereocenters. The molecule has 0 bridgehead atoms. The highest BCUT2D eigenvalue weighted by molar-refractivity contribution is 7.89. The maximum atomic E-state index is 13.0. The van der Waals surface area contributed by atoms with E-state index < -0.39 is 10.0 Å². The lowest BCUT2D eigenvalue weighted by Crippen LogP contribution is -2.33. The molecule has 2 aromatic carbocycles. The molecule has 0 radical (unpaired) electrons. The summed E-state index contributed by atoms with van der Waals surface area (Å²) < 4.78 is 33.9. The van der Waals surface area contributed by atoms with Crippen LogP contribution in [0, 0.1) is 0 Å². The molecule has 1 saturated carbocycles. The standard InChI is InChI=1S/C24H32N2O4S/c1-16(2)18-9-11-19(12-10-18)17(3)25-24(27)20-13-14-22(30-4)23(15-20)31(28,29)26-21-7-5-6-8-21/h9-17,21,26H,5-8H2,1-4H3,(H,25,27)/t17-/m0/s1. The van der Waals surface area contributed by atoms with Crippen LogP contribution < -0.4 is 14.8 Å². The van der Waals surface area contributed by atoms with Crippen molar-refractivity contribution in [1.82, 2.24) is 10.0 Å². The fourth-order valence-electron chi connectivity index (χ4n) is 3.89. The van der Waals surface area contributed by atoms with Crippen LogP contribution in [0.4, 0.5) is 0 Å². The summed E-state index contributed by atoms with van der Waals surface area (Å²) in [4.78, 5) is 12.8. The topological polar surface area (TPSA) is 84.5 Å². The first kappa shape index (κ1) is 23.3. The van der Waals surface area contributed by atoms with Crippen LogP contribution in [0.3, 0.4) is 0 Å². The van der Waals surface area contributed by atoms with Crippen molar-refractivity contribution >= 4 is 15.9 Å². The normalized spacial score (nSPS) is 15.8. The number of ether oxygens (including phenoxy) is 1. The Morgan fingerprint density at radius 2 is 1.61 bits per heavy atom. The van der Waals surface area contributed by atoms with Crippen LogP contribution in [0.2, 0.25) is 0 Å². The number of hydrogen-bond donors (Lipinski definition) is 2. The van der Waals surface area contributed by atoms with E-state index in [4.69, 9.17) is 4.74 Å². The van der Waals surface area contributed by atoms with Crippen LogP contribution in [0.5, 0.6) is 5.75 Å². The lowest BCUT2D eigenvalue weighted by molar-refractivity contribution is 0.0939. The molecule has 2 N–H and O–H groups in total. The summed E-state index contributed by atoms with van der Waals surface area (Å²) in [6.07, 6.45) is 3.69. The van der Waals surface area contributed by atoms with Crippen molar-refractivity contribution in [2.75, 3.05) is 7.11 Å². The quantitative estimate of drug-likeness (QED) is 0.626. The zero-order valence-electron chi connectivity index (χ0n) is 18.6. The van der Waals surface area contributed by atoms with Gasteiger partial charge in [0.2, 0.25) is 10.0 Å². The summed E-state index contributed by atoms with van der Waals surface area (Å²) in [5, 5.41) is 2.96. The van der Waals surface area contributed by atoms with Crippen LogP contribution in [0.15, 0.2) is 47.4 Å². The molecular weight excluding hydrogens is 412 g/mol. The molecule has 1 aliphatic rings. The number of carbonyl (C=O) groups excluding carboxylic acids is 1. The highest BCUT2D eigenvalue weighted by atomic mass is 32.2. The van der Waals surface area contributed by atoms with E-state index in [1.54, 1.807) is 6.07 Å². The Bertz CT molecular complexity index is 1010. The van der Waals surface area contributed by atoms with E-state index in [0.29, 0.717) is 5.92 Å². The Balaban J connectivity index is 1.78. The molecule has 7 heteroatoms. The molecule has 0 saturated heterocycles. The number of benzene rings is 2. The van der Waals surface area contributed by atoms with E-state index in [1.165, 1.54) is 24.8 Å². The van der Waals surface area contributed by atoms with Gasteiger partial charge in [-0.1, -0.05) is 51.0 Å². The van der Waals surface area contributed by atoms with Crippen molar-refractivity contribution in [3.63, 3.8) is 0 Å². The average molecular weight is 445 g/mol. The van der Waals surface area contributed by atoms with E-state index in [2.05, 4.69) is 36.0 Å². The van der Waals surface area contributed by atoms with Crippen molar-refractivity contribution in [2.24, 2.45) is 0 Å². The van der Waals surface area contributed by atoms with Crippen molar-refractivity contribution in [3.05, 3.63) is 59.2 Å². The Labute approximate surface area is 185 Å². The molecule has 2 aromatic rings. The Morgan fingerprint density at radius 3 is 2.19 bits per heavy atom. The van der Waals surface area contributed by atoms with Gasteiger partial charge in [0.1, 0.15) is 10.6 Å². The van der Waals surface area contributed by atoms with Crippen LogP contribution >= 0.6 is 0 Å². The van der Waals surface area contributed by atoms with Gasteiger partial charge in [0.15, 0.2) is 0 Å². The lowest BCUT2D eigenvalue weighted by atomic mass is 9.99. The monoisotopic (exact) mass is 444 g/mol. The Hall–Kier alpha value is -2.38. The summed E-state index contributed by atoms with van der Waals surface area (Å²) in [6, 6.07) is 12.4. The van der Waals surface area contributed by atoms with E-state index in [0.717, 1.165) is 31.2 Å². The minimum atomic E-state index is -3.79. The van der Waals surface area contributed by atoms with Gasteiger partial charge in [0.25, 0.3) is 5.91 Å². The van der Waals surface area contributed by atoms with E-state index in [9.17, 15) is 13.2 Å². The van der Waals surface area contributed by atoms with E-state index in [-0.39, 0.29) is 34.2 Å². The average Bonchev–Trinajstić information content (AvgIpc) is 3.25. The van der Waals surface area contributed by atoms with Crippen molar-refractivity contribution in [1.29, 1.82) is 0 Å². The molecule has 0 aliphatic heterocycles. The minimum absolute atomic E-state index is 0.0107. The highest BCUT2D eigenvalue weighted by Gasteiger charge is 2.27. The molecule has 1 fully saturated rings. The van der Waals surface area contributed by atoms with Gasteiger partial charge in [-0.05, 0) is 55.0 Å². The van der Waals surface area contributed by atoms with Gasteiger partial charge in [0.05, 0.1) is 13.2 Å². The molecule has 3 rings (SSSR count). The zero-order chi connectivity index (χ0) is 22.6. The minimum Gasteiger partial charge on any atom is -0.495 e. The maximum absolute atomic E-state index is 13.0. The summed E-state index contributed by atoms with van der Waals surface area (Å²) in [5.41, 5.74) is 2.50. The second-order valence-electron chi connectivity index (χ2n) is 8.48. The first-order chi connectivity index (χ1) is 14.7. The van der Waals surface area contributed by atoms with Gasteiger partial charge >= 0.3 is 0 Å². The van der Waals surface area contributed by atoms with Gasteiger partial charge in [-0.25, -0.2) is 13.1 Å². The summed E-state index contributed by atoms with van der Waals surface area (Å²) in [7, 11) is -2.37. The molecule has 0 aromatic heterocycles. The second-order valence-corrected chi connectivity index (χ2v) is 10.2. The van der Waals surface area contributed by atoms with Crippen molar-refractivity contribution in [2.45, 2.75) is 69.4 Å². The van der Waals surface area contributed by atoms with Crippen LogP contribution in [0.25, 0.3) is 0 Å². The van der Waals surface area contributed by atoms with Crippen molar-refractivity contribution in [3.8, 4) is 5.75 Å². The fourth-order valence-corrected chi connectivity index (χ4v) is 5.39. The molecular formula is C24H32N2O4S. The number of carbonyl (C=O) groups is 1. The molecule has 168 valence electrons. The molecule has 0 heterocycles. The van der Waals surface area contributed by atoms with E-state index in [1.807, 2.05) is 19.1 Å². The van der Waals surface area contributed by atoms with Gasteiger partial charge < -0.3 is 10.1 Å². The largest absolute Gasteiger partial charge is 0.495 e. The third-order valence-corrected chi connectivity index (χ3v) is 7.38. The lowest BCUT2D eigenvalue weighted by Gasteiger charge is -2.18. The van der Waals surface area contributed by atoms with Crippen LogP contribution in [0.1, 0.15) is 79.9 Å². The van der Waals surface area contributed by atoms with E-state index >= 15 is 0 Å². The first-order valence-corrected chi connectivity index (χ1v) is 12.3. The Morgan fingerprint density at radius 1 is 1.00 bits per heavy atom. The third kappa shape index (κ3) is 5.66. The number of rotatable bonds is 8. The molecule has 1 amide bonds. The van der Waals surface area contributed by atoms with Crippen molar-refractivity contribution < 1.29 is 17.9 Å². The number of amides is 1. The van der Waals surface area contributed by atoms with Gasteiger partial charge in [-0.3, -0.25) is 4.79 Å². The molecule has 1 aliphatic carbocycles. The number of sulfonamides is 1. The zero-order valence-corrected chi connectivity index (χ0v) is 19.5. The maximum Gasteiger partial charge on any atom is 0.251 e. The van der Waals surface area contributed by atoms with Crippen LogP contribution in [-0.2, 0) is 10.0 Å². The number of hydrogen-bond acceptors (Lipinski definition) is 4. The van der Waals surface area contributed by atoms with Crippen LogP contribution in [-0.4, -0.2) is 27.5 Å². The molecule has 31 heavy (non-hydrogen) atoms. The molecule has 0 spiro atoms. The predicted molar refractivity (Wildman–Crippen MR) is 122 cm³/mol. The third-order valence-electron chi connectivity index (χ3n) is 5.84. The van der Waals surface area contributed by atoms with Gasteiger partial charge in [-0.15, -0.1) is 0 Å². The summed E-state index contributed by atoms with van der Waals surface area (Å²) in [5.74, 6) is 0.330. The smallest absolute Gasteiger partial charge is 0.251 e. The highest BCUT2D eigenvalue weighted by Crippen LogP contribution is 2.28. The number of nitrogens with one attached hydrogen (secondary N) is 2. The first-order valence-electron chi connectivity index (χ1n) is 10.8. The van der Waals surface area contributed by atoms with Gasteiger partial charge in [-0.2, -0.15) is 0 Å². The fraction of sp³-hybridized carbons (Fsp3) is 0.458. The molecule has 1 atom stereocenters. The predicted octanol–water partition coefficient (Wildman–Crippen LogP) is 4.53.